The van der Waals surface area contributed by atoms with E-state index in [1.807, 2.05) is 31.2 Å². The van der Waals surface area contributed by atoms with Gasteiger partial charge >= 0.3 is 5.97 Å². The standard InChI is InChI=1S/C28H34BrN5O6/c1-4-7-13-39-27(38)21-22-25(36)34(17(6-3)15-35)24(28(22)14-18(29)23(21)40-28)26(37)32(12-5-2)16-33-20-11-9-8-10-19(20)30-31-33/h4-5,8-11,17-18,21-24,35H,1-2,6-7,12-16H2,3H3/t17-,18?,21-,22-,23-,24?,28?/m0/s1. The van der Waals surface area contributed by atoms with Crippen molar-refractivity contribution in [3.05, 3.63) is 49.6 Å². The first-order valence-electron chi connectivity index (χ1n) is 13.5. The molecule has 214 valence electrons. The van der Waals surface area contributed by atoms with Crippen LogP contribution in [-0.2, 0) is 30.5 Å². The third-order valence-electron chi connectivity index (χ3n) is 8.26. The zero-order chi connectivity index (χ0) is 28.6. The van der Waals surface area contributed by atoms with Gasteiger partial charge in [-0.3, -0.25) is 14.4 Å². The highest BCUT2D eigenvalue weighted by molar-refractivity contribution is 9.09. The summed E-state index contributed by atoms with van der Waals surface area (Å²) in [7, 11) is 0. The maximum Gasteiger partial charge on any atom is 0.312 e. The van der Waals surface area contributed by atoms with Gasteiger partial charge in [-0.2, -0.15) is 0 Å². The first-order chi connectivity index (χ1) is 19.3. The molecule has 2 amide bonds. The van der Waals surface area contributed by atoms with Crippen LogP contribution < -0.4 is 0 Å². The Labute approximate surface area is 240 Å². The Morgan fingerprint density at radius 3 is 2.83 bits per heavy atom. The first kappa shape index (κ1) is 28.4. The summed E-state index contributed by atoms with van der Waals surface area (Å²) < 4.78 is 13.6. The van der Waals surface area contributed by atoms with Crippen LogP contribution in [0.1, 0.15) is 26.2 Å². The van der Waals surface area contributed by atoms with Gasteiger partial charge in [0.15, 0.2) is 0 Å². The molecule has 11 nitrogen and oxygen atoms in total. The number of ether oxygens (including phenoxy) is 2. The number of nitrogens with zero attached hydrogens (tertiary/aromatic N) is 5. The Kier molecular flexibility index (Phi) is 8.12. The van der Waals surface area contributed by atoms with Crippen molar-refractivity contribution in [2.45, 2.75) is 61.5 Å². The van der Waals surface area contributed by atoms with Crippen LogP contribution in [0.3, 0.4) is 0 Å². The number of likely N-dealkylation sites (tertiary alicyclic amines) is 1. The summed E-state index contributed by atoms with van der Waals surface area (Å²) in [6.45, 7) is 9.38. The summed E-state index contributed by atoms with van der Waals surface area (Å²) in [5, 5.41) is 18.7. The average Bonchev–Trinajstić information content (AvgIpc) is 3.67. The summed E-state index contributed by atoms with van der Waals surface area (Å²) in [5.74, 6) is -3.06. The highest BCUT2D eigenvalue weighted by atomic mass is 79.9. The van der Waals surface area contributed by atoms with Crippen LogP contribution in [0.2, 0.25) is 0 Å². The summed E-state index contributed by atoms with van der Waals surface area (Å²) in [4.78, 5) is 44.7. The molecule has 1 aromatic carbocycles. The zero-order valence-electron chi connectivity index (χ0n) is 22.4. The molecule has 40 heavy (non-hydrogen) atoms. The molecular weight excluding hydrogens is 582 g/mol. The number of hydrogen-bond donors (Lipinski definition) is 1. The molecule has 4 heterocycles. The fourth-order valence-electron chi connectivity index (χ4n) is 6.49. The molecule has 5 rings (SSSR count). The lowest BCUT2D eigenvalue weighted by Gasteiger charge is -2.39. The SMILES string of the molecule is C=CCCOC(=O)[C@H]1[C@H]2C(=O)N([C@@H](CC)CO)C(C(=O)N(CC=C)Cn3nnc4ccccc43)C23CC(Br)[C@@H]1O3. The number of aliphatic hydroxyl groups excluding tert-OH is 1. The van der Waals surface area contributed by atoms with E-state index in [0.29, 0.717) is 24.8 Å². The Morgan fingerprint density at radius 2 is 2.12 bits per heavy atom. The van der Waals surface area contributed by atoms with Gasteiger partial charge in [-0.15, -0.1) is 18.3 Å². The smallest absolute Gasteiger partial charge is 0.312 e. The van der Waals surface area contributed by atoms with Gasteiger partial charge in [-0.1, -0.05) is 52.4 Å². The van der Waals surface area contributed by atoms with Gasteiger partial charge in [0, 0.05) is 11.4 Å². The number of carbonyl (C=O) groups is 3. The van der Waals surface area contributed by atoms with Gasteiger partial charge in [0.05, 0.1) is 42.7 Å². The molecule has 1 spiro atoms. The number of aliphatic hydroxyl groups is 1. The fourth-order valence-corrected chi connectivity index (χ4v) is 7.43. The second-order valence-corrected chi connectivity index (χ2v) is 11.6. The second-order valence-electron chi connectivity index (χ2n) is 10.5. The van der Waals surface area contributed by atoms with Gasteiger partial charge < -0.3 is 24.4 Å². The van der Waals surface area contributed by atoms with Gasteiger partial charge in [-0.25, -0.2) is 4.68 Å². The molecule has 3 fully saturated rings. The van der Waals surface area contributed by atoms with Crippen molar-refractivity contribution >= 4 is 44.7 Å². The van der Waals surface area contributed by atoms with Crippen molar-refractivity contribution in [1.29, 1.82) is 0 Å². The predicted octanol–water partition coefficient (Wildman–Crippen LogP) is 2.04. The van der Waals surface area contributed by atoms with Gasteiger partial charge in [-0.05, 0) is 31.4 Å². The van der Waals surface area contributed by atoms with Crippen molar-refractivity contribution in [2.75, 3.05) is 19.8 Å². The van der Waals surface area contributed by atoms with E-state index in [1.165, 1.54) is 4.90 Å². The van der Waals surface area contributed by atoms with Crippen LogP contribution in [-0.4, -0.2) is 96.1 Å². The molecule has 3 unspecified atom stereocenters. The summed E-state index contributed by atoms with van der Waals surface area (Å²) in [6, 6.07) is 5.73. The first-order valence-corrected chi connectivity index (χ1v) is 14.4. The summed E-state index contributed by atoms with van der Waals surface area (Å²) in [6.07, 6.45) is 3.89. The van der Waals surface area contributed by atoms with Gasteiger partial charge in [0.25, 0.3) is 0 Å². The molecular formula is C28H34BrN5O6. The lowest BCUT2D eigenvalue weighted by atomic mass is 9.70. The number of hydrogen-bond acceptors (Lipinski definition) is 8. The van der Waals surface area contributed by atoms with Crippen LogP contribution >= 0.6 is 15.9 Å². The van der Waals surface area contributed by atoms with Crippen LogP contribution in [0.15, 0.2) is 49.6 Å². The van der Waals surface area contributed by atoms with E-state index in [1.54, 1.807) is 21.7 Å². The van der Waals surface area contributed by atoms with E-state index in [4.69, 9.17) is 9.47 Å². The number of halogens is 1. The normalized spacial score (nSPS) is 29.4. The number of carbonyl (C=O) groups excluding carboxylic acids is 3. The van der Waals surface area contributed by atoms with Crippen molar-refractivity contribution < 1.29 is 29.0 Å². The minimum atomic E-state index is -1.26. The number of para-hydroxylation sites is 1. The minimum Gasteiger partial charge on any atom is -0.465 e. The molecule has 0 saturated carbocycles. The second kappa shape index (κ2) is 11.4. The maximum atomic E-state index is 14.5. The minimum absolute atomic E-state index is 0.0642. The topological polar surface area (TPSA) is 127 Å². The average molecular weight is 617 g/mol. The van der Waals surface area contributed by atoms with Crippen LogP contribution in [0.25, 0.3) is 11.0 Å². The van der Waals surface area contributed by atoms with E-state index in [9.17, 15) is 19.5 Å². The number of benzene rings is 1. The molecule has 3 aliphatic heterocycles. The quantitative estimate of drug-likeness (QED) is 0.166. The van der Waals surface area contributed by atoms with E-state index in [-0.39, 0.29) is 43.1 Å². The lowest BCUT2D eigenvalue weighted by Crippen LogP contribution is -2.59. The highest BCUT2D eigenvalue weighted by Gasteiger charge is 2.77. The number of rotatable bonds is 12. The molecule has 7 atom stereocenters. The van der Waals surface area contributed by atoms with E-state index < -0.39 is 41.6 Å². The number of amides is 2. The third kappa shape index (κ3) is 4.46. The van der Waals surface area contributed by atoms with Crippen molar-refractivity contribution in [2.24, 2.45) is 11.8 Å². The lowest BCUT2D eigenvalue weighted by molar-refractivity contribution is -0.156. The number of aromatic nitrogens is 3. The largest absolute Gasteiger partial charge is 0.465 e. The van der Waals surface area contributed by atoms with Gasteiger partial charge in [0.1, 0.15) is 23.8 Å². The van der Waals surface area contributed by atoms with Gasteiger partial charge in [0.2, 0.25) is 11.8 Å². The Balaban J connectivity index is 1.54. The molecule has 12 heteroatoms. The molecule has 2 bridgehead atoms. The molecule has 1 N–H and O–H groups in total. The van der Waals surface area contributed by atoms with Crippen LogP contribution in [0, 0.1) is 11.8 Å². The molecule has 3 saturated heterocycles. The Bertz CT molecular complexity index is 1310. The molecule has 3 aliphatic rings. The zero-order valence-corrected chi connectivity index (χ0v) is 24.0. The van der Waals surface area contributed by atoms with E-state index in [0.717, 1.165) is 5.52 Å². The van der Waals surface area contributed by atoms with E-state index >= 15 is 0 Å². The Morgan fingerprint density at radius 1 is 1.35 bits per heavy atom. The Hall–Kier alpha value is -3.09. The van der Waals surface area contributed by atoms with Crippen LogP contribution in [0.4, 0.5) is 0 Å². The highest BCUT2D eigenvalue weighted by Crippen LogP contribution is 2.60. The molecule has 0 radical (unpaired) electrons. The molecule has 2 aromatic rings. The molecule has 0 aliphatic carbocycles. The monoisotopic (exact) mass is 615 g/mol. The predicted molar refractivity (Wildman–Crippen MR) is 149 cm³/mol. The maximum absolute atomic E-state index is 14.5. The van der Waals surface area contributed by atoms with Crippen molar-refractivity contribution in [1.82, 2.24) is 24.8 Å². The van der Waals surface area contributed by atoms with Crippen molar-refractivity contribution in [3.63, 3.8) is 0 Å². The number of esters is 1. The van der Waals surface area contributed by atoms with E-state index in [2.05, 4.69) is 39.4 Å². The third-order valence-corrected chi connectivity index (χ3v) is 9.11. The number of fused-ring (bicyclic) bond motifs is 2. The van der Waals surface area contributed by atoms with Crippen LogP contribution in [0.5, 0.6) is 0 Å². The molecule has 1 aromatic heterocycles. The summed E-state index contributed by atoms with van der Waals surface area (Å²) in [5.41, 5.74) is 0.179. The summed E-state index contributed by atoms with van der Waals surface area (Å²) >= 11 is 3.66. The number of alkyl halides is 1. The fraction of sp³-hybridized carbons (Fsp3) is 0.536. The van der Waals surface area contributed by atoms with Crippen molar-refractivity contribution in [3.8, 4) is 0 Å².